The highest BCUT2D eigenvalue weighted by Gasteiger charge is 2.49. The lowest BCUT2D eigenvalue weighted by atomic mass is 9.91. The normalized spacial score (nSPS) is 18.1. The second kappa shape index (κ2) is 4.38. The van der Waals surface area contributed by atoms with Gasteiger partial charge in [0.1, 0.15) is 11.2 Å². The summed E-state index contributed by atoms with van der Waals surface area (Å²) in [5.41, 5.74) is -1.18. The largest absolute Gasteiger partial charge is 0.444 e. The number of β-amino-alcohol motifs (C(OH)–C–C–N with tert-alkyl or cyclic N) is 1. The molecule has 2 rings (SSSR count). The Morgan fingerprint density at radius 3 is 2.53 bits per heavy atom. The van der Waals surface area contributed by atoms with Gasteiger partial charge in [-0.25, -0.2) is 4.79 Å². The number of aliphatic hydroxyl groups is 1. The molecule has 1 aromatic rings. The van der Waals surface area contributed by atoms with E-state index in [4.69, 9.17) is 16.3 Å². The first kappa shape index (κ1) is 14.1. The average molecular weight is 288 g/mol. The zero-order chi connectivity index (χ0) is 14.4. The zero-order valence-corrected chi connectivity index (χ0v) is 12.2. The third-order valence-corrected chi connectivity index (χ3v) is 3.17. The second-order valence-electron chi connectivity index (χ2n) is 5.83. The van der Waals surface area contributed by atoms with Crippen molar-refractivity contribution in [1.82, 2.24) is 14.7 Å². The molecule has 1 saturated heterocycles. The molecule has 1 amide bonds. The van der Waals surface area contributed by atoms with Crippen LogP contribution in [0, 0.1) is 0 Å². The molecule has 1 fully saturated rings. The lowest BCUT2D eigenvalue weighted by Crippen LogP contribution is -2.62. The maximum Gasteiger partial charge on any atom is 0.410 e. The van der Waals surface area contributed by atoms with Crippen molar-refractivity contribution in [2.75, 3.05) is 13.1 Å². The van der Waals surface area contributed by atoms with E-state index in [1.807, 2.05) is 0 Å². The number of carbonyl (C=O) groups is 1. The topological polar surface area (TPSA) is 67.6 Å². The molecular weight excluding hydrogens is 270 g/mol. The van der Waals surface area contributed by atoms with E-state index in [0.717, 1.165) is 0 Å². The SMILES string of the molecule is Cn1ncc(Cl)c1C1(O)CN(C(=O)OC(C)(C)C)C1. The van der Waals surface area contributed by atoms with Gasteiger partial charge in [-0.3, -0.25) is 4.68 Å². The van der Waals surface area contributed by atoms with Crippen LogP contribution in [0.3, 0.4) is 0 Å². The van der Waals surface area contributed by atoms with Gasteiger partial charge in [0.05, 0.1) is 30.0 Å². The quantitative estimate of drug-likeness (QED) is 0.850. The highest BCUT2D eigenvalue weighted by atomic mass is 35.5. The van der Waals surface area contributed by atoms with Crippen molar-refractivity contribution in [2.45, 2.75) is 32.0 Å². The van der Waals surface area contributed by atoms with E-state index in [9.17, 15) is 9.90 Å². The molecule has 7 heteroatoms. The summed E-state index contributed by atoms with van der Waals surface area (Å²) in [6, 6.07) is 0. The number of likely N-dealkylation sites (tertiary alicyclic amines) is 1. The van der Waals surface area contributed by atoms with Crippen LogP contribution in [-0.4, -0.2) is 44.6 Å². The molecule has 1 N–H and O–H groups in total. The van der Waals surface area contributed by atoms with Gasteiger partial charge in [-0.2, -0.15) is 5.10 Å². The number of carbonyl (C=O) groups excluding carboxylic acids is 1. The van der Waals surface area contributed by atoms with Gasteiger partial charge in [0.25, 0.3) is 0 Å². The summed E-state index contributed by atoms with van der Waals surface area (Å²) in [5, 5.41) is 14.8. The predicted octanol–water partition coefficient (Wildman–Crippen LogP) is 1.51. The van der Waals surface area contributed by atoms with Crippen LogP contribution in [0.1, 0.15) is 26.5 Å². The number of halogens is 1. The number of amides is 1. The van der Waals surface area contributed by atoms with Crippen LogP contribution in [-0.2, 0) is 17.4 Å². The molecule has 0 bridgehead atoms. The number of rotatable bonds is 1. The minimum absolute atomic E-state index is 0.154. The summed E-state index contributed by atoms with van der Waals surface area (Å²) < 4.78 is 6.76. The fraction of sp³-hybridized carbons (Fsp3) is 0.667. The van der Waals surface area contributed by atoms with E-state index in [0.29, 0.717) is 10.7 Å². The first-order chi connectivity index (χ1) is 8.62. The molecule has 106 valence electrons. The molecule has 1 aromatic heterocycles. The molecule has 0 spiro atoms. The summed E-state index contributed by atoms with van der Waals surface area (Å²) in [7, 11) is 1.70. The fourth-order valence-electron chi connectivity index (χ4n) is 2.12. The Balaban J connectivity index is 2.04. The van der Waals surface area contributed by atoms with Gasteiger partial charge in [0.15, 0.2) is 0 Å². The number of hydrogen-bond donors (Lipinski definition) is 1. The third-order valence-electron chi connectivity index (χ3n) is 2.89. The number of aryl methyl sites for hydroxylation is 1. The van der Waals surface area contributed by atoms with Gasteiger partial charge in [-0.15, -0.1) is 0 Å². The molecule has 0 radical (unpaired) electrons. The molecule has 19 heavy (non-hydrogen) atoms. The minimum Gasteiger partial charge on any atom is -0.444 e. The molecule has 0 aliphatic carbocycles. The van der Waals surface area contributed by atoms with E-state index in [1.54, 1.807) is 27.8 Å². The molecule has 0 unspecified atom stereocenters. The van der Waals surface area contributed by atoms with Crippen LogP contribution in [0.15, 0.2) is 6.20 Å². The van der Waals surface area contributed by atoms with E-state index in [-0.39, 0.29) is 13.1 Å². The molecule has 0 aromatic carbocycles. The van der Waals surface area contributed by atoms with Crippen molar-refractivity contribution < 1.29 is 14.6 Å². The van der Waals surface area contributed by atoms with Crippen LogP contribution in [0.5, 0.6) is 0 Å². The van der Waals surface area contributed by atoms with Gasteiger partial charge in [-0.05, 0) is 20.8 Å². The standard InChI is InChI=1S/C12H18ClN3O3/c1-11(2,3)19-10(17)16-6-12(18,7-16)9-8(13)5-14-15(9)4/h5,18H,6-7H2,1-4H3. The Morgan fingerprint density at radius 1 is 1.53 bits per heavy atom. The van der Waals surface area contributed by atoms with Crippen molar-refractivity contribution in [3.05, 3.63) is 16.9 Å². The Hall–Kier alpha value is -1.27. The van der Waals surface area contributed by atoms with Gasteiger partial charge in [0, 0.05) is 7.05 Å². The first-order valence-corrected chi connectivity index (χ1v) is 6.38. The van der Waals surface area contributed by atoms with E-state index >= 15 is 0 Å². The van der Waals surface area contributed by atoms with Gasteiger partial charge in [-0.1, -0.05) is 11.6 Å². The minimum atomic E-state index is -1.15. The van der Waals surface area contributed by atoms with Crippen LogP contribution in [0.25, 0.3) is 0 Å². The second-order valence-corrected chi connectivity index (χ2v) is 6.24. The molecular formula is C12H18ClN3O3. The predicted molar refractivity (Wildman–Crippen MR) is 69.9 cm³/mol. The molecule has 0 saturated carbocycles. The molecule has 0 atom stereocenters. The maximum absolute atomic E-state index is 11.8. The van der Waals surface area contributed by atoms with E-state index < -0.39 is 17.3 Å². The average Bonchev–Trinajstić information content (AvgIpc) is 2.51. The summed E-state index contributed by atoms with van der Waals surface area (Å²) in [6.45, 7) is 5.71. The number of nitrogens with zero attached hydrogens (tertiary/aromatic N) is 3. The van der Waals surface area contributed by atoms with Crippen LogP contribution >= 0.6 is 11.6 Å². The van der Waals surface area contributed by atoms with Crippen molar-refractivity contribution in [2.24, 2.45) is 7.05 Å². The van der Waals surface area contributed by atoms with Gasteiger partial charge < -0.3 is 14.7 Å². The van der Waals surface area contributed by atoms with E-state index in [2.05, 4.69) is 5.10 Å². The summed E-state index contributed by atoms with van der Waals surface area (Å²) >= 11 is 6.00. The maximum atomic E-state index is 11.8. The smallest absolute Gasteiger partial charge is 0.410 e. The van der Waals surface area contributed by atoms with E-state index in [1.165, 1.54) is 15.8 Å². The monoisotopic (exact) mass is 287 g/mol. The van der Waals surface area contributed by atoms with Gasteiger partial charge >= 0.3 is 6.09 Å². The van der Waals surface area contributed by atoms with Gasteiger partial charge in [0.2, 0.25) is 0 Å². The Labute approximate surface area is 116 Å². The van der Waals surface area contributed by atoms with Crippen molar-refractivity contribution in [3.63, 3.8) is 0 Å². The molecule has 6 nitrogen and oxygen atoms in total. The summed E-state index contributed by atoms with van der Waals surface area (Å²) in [5.74, 6) is 0. The number of hydrogen-bond acceptors (Lipinski definition) is 4. The van der Waals surface area contributed by atoms with Crippen molar-refractivity contribution in [3.8, 4) is 0 Å². The zero-order valence-electron chi connectivity index (χ0n) is 11.5. The summed E-state index contributed by atoms with van der Waals surface area (Å²) in [4.78, 5) is 13.2. The summed E-state index contributed by atoms with van der Waals surface area (Å²) in [6.07, 6.45) is 1.04. The van der Waals surface area contributed by atoms with Crippen LogP contribution < -0.4 is 0 Å². The lowest BCUT2D eigenvalue weighted by Gasteiger charge is -2.46. The van der Waals surface area contributed by atoms with Crippen LogP contribution in [0.2, 0.25) is 5.02 Å². The fourth-order valence-corrected chi connectivity index (χ4v) is 2.47. The molecule has 2 heterocycles. The molecule has 1 aliphatic heterocycles. The Bertz CT molecular complexity index is 481. The van der Waals surface area contributed by atoms with Crippen molar-refractivity contribution in [1.29, 1.82) is 0 Å². The number of ether oxygens (including phenoxy) is 1. The Kier molecular flexibility index (Phi) is 3.26. The Morgan fingerprint density at radius 2 is 2.11 bits per heavy atom. The first-order valence-electron chi connectivity index (χ1n) is 6.01. The highest BCUT2D eigenvalue weighted by Crippen LogP contribution is 2.36. The van der Waals surface area contributed by atoms with Crippen LogP contribution in [0.4, 0.5) is 4.79 Å². The highest BCUT2D eigenvalue weighted by molar-refractivity contribution is 6.31. The third kappa shape index (κ3) is 2.69. The van der Waals surface area contributed by atoms with Crippen molar-refractivity contribution >= 4 is 17.7 Å². The lowest BCUT2D eigenvalue weighted by molar-refractivity contribution is -0.107. The number of aromatic nitrogens is 2. The molecule has 1 aliphatic rings.